The summed E-state index contributed by atoms with van der Waals surface area (Å²) < 4.78 is 30.6. The maximum atomic E-state index is 14.2. The first-order valence-electron chi connectivity index (χ1n) is 6.52. The molecule has 4 nitrogen and oxygen atoms in total. The van der Waals surface area contributed by atoms with Crippen molar-refractivity contribution in [3.63, 3.8) is 0 Å². The molecule has 104 valence electrons. The van der Waals surface area contributed by atoms with Crippen LogP contribution in [0.3, 0.4) is 0 Å². The summed E-state index contributed by atoms with van der Waals surface area (Å²) in [7, 11) is 1.47. The quantitative estimate of drug-likeness (QED) is 0.910. The molecule has 1 aromatic carbocycles. The van der Waals surface area contributed by atoms with E-state index < -0.39 is 5.82 Å². The van der Waals surface area contributed by atoms with E-state index in [9.17, 15) is 4.39 Å². The van der Waals surface area contributed by atoms with Crippen molar-refractivity contribution in [2.75, 3.05) is 20.3 Å². The molecular weight excluding hydrogens is 249 g/mol. The first kappa shape index (κ1) is 12.5. The number of hydrogen-bond acceptors (Lipinski definition) is 4. The summed E-state index contributed by atoms with van der Waals surface area (Å²) in [6.07, 6.45) is 1.83. The van der Waals surface area contributed by atoms with Gasteiger partial charge in [-0.1, -0.05) is 0 Å². The second kappa shape index (κ2) is 4.27. The van der Waals surface area contributed by atoms with Crippen molar-refractivity contribution < 1.29 is 18.6 Å². The molecule has 5 heteroatoms. The van der Waals surface area contributed by atoms with Crippen molar-refractivity contribution in [2.24, 2.45) is 5.73 Å². The number of fused-ring (bicyclic) bond motifs is 1. The van der Waals surface area contributed by atoms with Gasteiger partial charge in [0.2, 0.25) is 0 Å². The standard InChI is InChI=1S/C14H18FNO3/c1-8(16)14(3-4-14)11-12(17-2)9(15)7-10-13(11)19-6-5-18-10/h7-8H,3-6,16H2,1-2H3. The largest absolute Gasteiger partial charge is 0.493 e. The third-order valence-electron chi connectivity index (χ3n) is 4.10. The van der Waals surface area contributed by atoms with E-state index in [0.717, 1.165) is 18.4 Å². The number of halogens is 1. The van der Waals surface area contributed by atoms with Gasteiger partial charge in [-0.15, -0.1) is 0 Å². The van der Waals surface area contributed by atoms with Gasteiger partial charge in [0.1, 0.15) is 13.2 Å². The van der Waals surface area contributed by atoms with Gasteiger partial charge in [-0.2, -0.15) is 0 Å². The van der Waals surface area contributed by atoms with Gasteiger partial charge in [-0.25, -0.2) is 4.39 Å². The third-order valence-corrected chi connectivity index (χ3v) is 4.10. The summed E-state index contributed by atoms with van der Waals surface area (Å²) in [5.74, 6) is 0.860. The molecule has 0 radical (unpaired) electrons. The second-order valence-corrected chi connectivity index (χ2v) is 5.24. The summed E-state index contributed by atoms with van der Waals surface area (Å²) in [5.41, 5.74) is 6.58. The molecule has 1 fully saturated rings. The zero-order valence-electron chi connectivity index (χ0n) is 11.2. The number of rotatable bonds is 3. The van der Waals surface area contributed by atoms with Gasteiger partial charge in [0, 0.05) is 17.5 Å². The molecule has 1 aromatic rings. The highest BCUT2D eigenvalue weighted by molar-refractivity contribution is 5.61. The molecule has 1 atom stereocenters. The van der Waals surface area contributed by atoms with Gasteiger partial charge >= 0.3 is 0 Å². The number of nitrogens with two attached hydrogens (primary N) is 1. The highest BCUT2D eigenvalue weighted by Crippen LogP contribution is 2.59. The summed E-state index contributed by atoms with van der Waals surface area (Å²) in [5, 5.41) is 0. The van der Waals surface area contributed by atoms with Crippen LogP contribution in [0.2, 0.25) is 0 Å². The Morgan fingerprint density at radius 2 is 2.05 bits per heavy atom. The average Bonchev–Trinajstić information content (AvgIpc) is 3.18. The molecule has 0 amide bonds. The van der Waals surface area contributed by atoms with E-state index in [4.69, 9.17) is 19.9 Å². The van der Waals surface area contributed by atoms with Crippen LogP contribution in [0.5, 0.6) is 17.2 Å². The maximum Gasteiger partial charge on any atom is 0.169 e. The van der Waals surface area contributed by atoms with Crippen molar-refractivity contribution in [3.8, 4) is 17.2 Å². The molecule has 3 rings (SSSR count). The van der Waals surface area contributed by atoms with Crippen LogP contribution in [-0.2, 0) is 5.41 Å². The molecule has 1 aliphatic heterocycles. The van der Waals surface area contributed by atoms with Gasteiger partial charge < -0.3 is 19.9 Å². The number of methoxy groups -OCH3 is 1. The Labute approximate surface area is 111 Å². The van der Waals surface area contributed by atoms with Crippen LogP contribution in [0.4, 0.5) is 4.39 Å². The molecular formula is C14H18FNO3. The summed E-state index contributed by atoms with van der Waals surface area (Å²) >= 11 is 0. The minimum absolute atomic E-state index is 0.0853. The molecule has 2 N–H and O–H groups in total. The Bertz CT molecular complexity index is 512. The molecule has 0 bridgehead atoms. The topological polar surface area (TPSA) is 53.7 Å². The Hall–Kier alpha value is -1.49. The van der Waals surface area contributed by atoms with Crippen molar-refractivity contribution in [1.29, 1.82) is 0 Å². The Kier molecular flexibility index (Phi) is 2.82. The van der Waals surface area contributed by atoms with Gasteiger partial charge in [-0.3, -0.25) is 0 Å². The Balaban J connectivity index is 2.23. The molecule has 1 heterocycles. The molecule has 1 unspecified atom stereocenters. The molecule has 2 aliphatic rings. The zero-order valence-corrected chi connectivity index (χ0v) is 11.2. The average molecular weight is 267 g/mol. The Morgan fingerprint density at radius 3 is 2.63 bits per heavy atom. The van der Waals surface area contributed by atoms with E-state index in [-0.39, 0.29) is 17.2 Å². The molecule has 0 saturated heterocycles. The van der Waals surface area contributed by atoms with E-state index in [0.29, 0.717) is 24.7 Å². The number of hydrogen-bond donors (Lipinski definition) is 1. The van der Waals surface area contributed by atoms with Crippen LogP contribution in [-0.4, -0.2) is 26.4 Å². The van der Waals surface area contributed by atoms with E-state index in [2.05, 4.69) is 0 Å². The Morgan fingerprint density at radius 1 is 1.37 bits per heavy atom. The lowest BCUT2D eigenvalue weighted by molar-refractivity contribution is 0.165. The lowest BCUT2D eigenvalue weighted by Gasteiger charge is -2.29. The van der Waals surface area contributed by atoms with E-state index in [1.165, 1.54) is 13.2 Å². The normalized spacial score (nSPS) is 20.8. The zero-order chi connectivity index (χ0) is 13.6. The minimum Gasteiger partial charge on any atom is -0.493 e. The summed E-state index contributed by atoms with van der Waals surface area (Å²) in [4.78, 5) is 0. The summed E-state index contributed by atoms with van der Waals surface area (Å²) in [6, 6.07) is 1.24. The minimum atomic E-state index is -0.423. The molecule has 1 saturated carbocycles. The van der Waals surface area contributed by atoms with Gasteiger partial charge in [-0.05, 0) is 19.8 Å². The van der Waals surface area contributed by atoms with Gasteiger partial charge in [0.05, 0.1) is 12.7 Å². The van der Waals surface area contributed by atoms with Gasteiger partial charge in [0.15, 0.2) is 23.1 Å². The predicted molar refractivity (Wildman–Crippen MR) is 68.5 cm³/mol. The monoisotopic (exact) mass is 267 g/mol. The molecule has 19 heavy (non-hydrogen) atoms. The fourth-order valence-corrected chi connectivity index (χ4v) is 2.86. The maximum absolute atomic E-state index is 14.2. The van der Waals surface area contributed by atoms with Crippen molar-refractivity contribution in [2.45, 2.75) is 31.2 Å². The van der Waals surface area contributed by atoms with Crippen LogP contribution in [0.25, 0.3) is 0 Å². The first-order chi connectivity index (χ1) is 9.10. The number of benzene rings is 1. The summed E-state index contributed by atoms with van der Waals surface area (Å²) in [6.45, 7) is 2.83. The highest BCUT2D eigenvalue weighted by Gasteiger charge is 2.52. The van der Waals surface area contributed by atoms with Crippen LogP contribution >= 0.6 is 0 Å². The van der Waals surface area contributed by atoms with Crippen molar-refractivity contribution >= 4 is 0 Å². The lowest BCUT2D eigenvalue weighted by Crippen LogP contribution is -2.33. The fourth-order valence-electron chi connectivity index (χ4n) is 2.86. The van der Waals surface area contributed by atoms with E-state index in [1.54, 1.807) is 0 Å². The molecule has 0 spiro atoms. The van der Waals surface area contributed by atoms with Crippen molar-refractivity contribution in [1.82, 2.24) is 0 Å². The van der Waals surface area contributed by atoms with Gasteiger partial charge in [0.25, 0.3) is 0 Å². The lowest BCUT2D eigenvalue weighted by atomic mass is 9.87. The third kappa shape index (κ3) is 1.75. The highest BCUT2D eigenvalue weighted by atomic mass is 19.1. The SMILES string of the molecule is COc1c(F)cc2c(c1C1(C(C)N)CC1)OCCO2. The first-order valence-corrected chi connectivity index (χ1v) is 6.52. The molecule has 0 aromatic heterocycles. The van der Waals surface area contributed by atoms with Crippen molar-refractivity contribution in [3.05, 3.63) is 17.4 Å². The second-order valence-electron chi connectivity index (χ2n) is 5.24. The molecule has 1 aliphatic carbocycles. The van der Waals surface area contributed by atoms with E-state index in [1.807, 2.05) is 6.92 Å². The van der Waals surface area contributed by atoms with Crippen LogP contribution < -0.4 is 19.9 Å². The smallest absolute Gasteiger partial charge is 0.169 e. The van der Waals surface area contributed by atoms with Crippen LogP contribution in [0.15, 0.2) is 6.07 Å². The number of ether oxygens (including phenoxy) is 3. The van der Waals surface area contributed by atoms with E-state index >= 15 is 0 Å². The fraction of sp³-hybridized carbons (Fsp3) is 0.571. The predicted octanol–water partition coefficient (Wildman–Crippen LogP) is 1.98. The van der Waals surface area contributed by atoms with Crippen LogP contribution in [0, 0.1) is 5.82 Å². The van der Waals surface area contributed by atoms with Crippen LogP contribution in [0.1, 0.15) is 25.3 Å².